The Kier molecular flexibility index (Phi) is 7.17. The number of benzene rings is 1. The van der Waals surface area contributed by atoms with Crippen molar-refractivity contribution < 1.29 is 9.59 Å². The summed E-state index contributed by atoms with van der Waals surface area (Å²) in [5.74, 6) is 0.243. The molecule has 0 bridgehead atoms. The molecule has 0 atom stereocenters. The molecule has 28 heavy (non-hydrogen) atoms. The molecule has 2 aliphatic rings. The smallest absolute Gasteiger partial charge is 0.256 e. The summed E-state index contributed by atoms with van der Waals surface area (Å²) in [6.07, 6.45) is 0.803. The van der Waals surface area contributed by atoms with Crippen LogP contribution in [0.15, 0.2) is 35.4 Å². The molecule has 0 unspecified atom stereocenters. The van der Waals surface area contributed by atoms with E-state index in [0.717, 1.165) is 57.0 Å². The van der Waals surface area contributed by atoms with Crippen LogP contribution in [0.4, 0.5) is 0 Å². The monoisotopic (exact) mass is 385 g/mol. The van der Waals surface area contributed by atoms with Gasteiger partial charge in [-0.05, 0) is 19.4 Å². The second kappa shape index (κ2) is 9.80. The Morgan fingerprint density at radius 2 is 1.54 bits per heavy atom. The third-order valence-corrected chi connectivity index (χ3v) is 5.50. The molecule has 0 saturated carbocycles. The molecule has 2 amide bonds. The van der Waals surface area contributed by atoms with Crippen molar-refractivity contribution >= 4 is 17.5 Å². The molecule has 0 aromatic heterocycles. The maximum absolute atomic E-state index is 12.6. The van der Waals surface area contributed by atoms with Gasteiger partial charge in [-0.2, -0.15) is 5.10 Å². The van der Waals surface area contributed by atoms with Crippen LogP contribution in [-0.2, 0) is 9.59 Å². The van der Waals surface area contributed by atoms with Crippen molar-refractivity contribution in [2.75, 3.05) is 58.9 Å². The summed E-state index contributed by atoms with van der Waals surface area (Å²) in [7, 11) is 0. The minimum Gasteiger partial charge on any atom is -0.342 e. The lowest BCUT2D eigenvalue weighted by atomic mass is 10.1. The third-order valence-electron chi connectivity index (χ3n) is 5.50. The molecule has 152 valence electrons. The molecule has 2 aliphatic heterocycles. The van der Waals surface area contributed by atoms with Crippen molar-refractivity contribution in [3.63, 3.8) is 0 Å². The number of hydrogen-bond donors (Lipinski definition) is 0. The molecule has 0 radical (unpaired) electrons. The Balaban J connectivity index is 1.44. The topological polar surface area (TPSA) is 59.5 Å². The summed E-state index contributed by atoms with van der Waals surface area (Å²) in [5, 5.41) is 6.14. The van der Waals surface area contributed by atoms with Crippen LogP contribution in [0.3, 0.4) is 0 Å². The largest absolute Gasteiger partial charge is 0.342 e. The van der Waals surface area contributed by atoms with Gasteiger partial charge in [-0.3, -0.25) is 19.4 Å². The summed E-state index contributed by atoms with van der Waals surface area (Å²) >= 11 is 0. The summed E-state index contributed by atoms with van der Waals surface area (Å²) in [6.45, 7) is 10.3. The van der Waals surface area contributed by atoms with E-state index < -0.39 is 0 Å². The van der Waals surface area contributed by atoms with Crippen LogP contribution in [0.25, 0.3) is 0 Å². The summed E-state index contributed by atoms with van der Waals surface area (Å²) < 4.78 is 0. The van der Waals surface area contributed by atoms with Gasteiger partial charge in [0.2, 0.25) is 5.91 Å². The van der Waals surface area contributed by atoms with E-state index >= 15 is 0 Å². The SMILES string of the molecule is CCN(CC)C(=O)CN1CCN(CC(=O)N2CCC(c3ccccc3)=N2)CC1. The van der Waals surface area contributed by atoms with E-state index in [9.17, 15) is 9.59 Å². The predicted octanol–water partition coefficient (Wildman–Crippen LogP) is 1.11. The Hall–Kier alpha value is -2.25. The first-order valence-corrected chi connectivity index (χ1v) is 10.3. The van der Waals surface area contributed by atoms with Gasteiger partial charge in [-0.25, -0.2) is 5.01 Å². The van der Waals surface area contributed by atoms with E-state index in [1.54, 1.807) is 5.01 Å². The van der Waals surface area contributed by atoms with Crippen molar-refractivity contribution in [2.24, 2.45) is 5.10 Å². The Morgan fingerprint density at radius 3 is 2.14 bits per heavy atom. The highest BCUT2D eigenvalue weighted by molar-refractivity contribution is 6.02. The van der Waals surface area contributed by atoms with Gasteiger partial charge in [-0.15, -0.1) is 0 Å². The molecule has 3 rings (SSSR count). The highest BCUT2D eigenvalue weighted by Crippen LogP contribution is 2.14. The number of carbonyl (C=O) groups is 2. The van der Waals surface area contributed by atoms with Crippen molar-refractivity contribution in [2.45, 2.75) is 20.3 Å². The van der Waals surface area contributed by atoms with E-state index in [4.69, 9.17) is 0 Å². The standard InChI is InChI=1S/C21H31N5O2/c1-3-25(4-2)20(27)16-23-12-14-24(15-13-23)17-21(28)26-11-10-19(22-26)18-8-6-5-7-9-18/h5-9H,3-4,10-17H2,1-2H3. The number of carbonyl (C=O) groups excluding carboxylic acids is 2. The zero-order chi connectivity index (χ0) is 19.9. The zero-order valence-corrected chi connectivity index (χ0v) is 17.0. The molecule has 1 aromatic rings. The molecule has 2 heterocycles. The van der Waals surface area contributed by atoms with Crippen LogP contribution in [0.1, 0.15) is 25.8 Å². The van der Waals surface area contributed by atoms with Crippen LogP contribution < -0.4 is 0 Å². The molecule has 0 spiro atoms. The highest BCUT2D eigenvalue weighted by atomic mass is 16.2. The summed E-state index contributed by atoms with van der Waals surface area (Å²) in [4.78, 5) is 31.1. The van der Waals surface area contributed by atoms with Crippen molar-refractivity contribution in [3.8, 4) is 0 Å². The quantitative estimate of drug-likeness (QED) is 0.706. The average Bonchev–Trinajstić information content (AvgIpc) is 3.21. The van der Waals surface area contributed by atoms with E-state index in [-0.39, 0.29) is 11.8 Å². The Labute approximate surface area is 167 Å². The van der Waals surface area contributed by atoms with Crippen LogP contribution in [-0.4, -0.2) is 96.1 Å². The zero-order valence-electron chi connectivity index (χ0n) is 17.0. The number of hydrogen-bond acceptors (Lipinski definition) is 5. The molecule has 7 heteroatoms. The van der Waals surface area contributed by atoms with E-state index in [2.05, 4.69) is 14.9 Å². The lowest BCUT2D eigenvalue weighted by Crippen LogP contribution is -2.51. The molecule has 1 saturated heterocycles. The lowest BCUT2D eigenvalue weighted by molar-refractivity contribution is -0.134. The maximum Gasteiger partial charge on any atom is 0.256 e. The molecule has 1 fully saturated rings. The average molecular weight is 386 g/mol. The van der Waals surface area contributed by atoms with Gasteiger partial charge in [-0.1, -0.05) is 30.3 Å². The second-order valence-electron chi connectivity index (χ2n) is 7.30. The van der Waals surface area contributed by atoms with Crippen molar-refractivity contribution in [1.82, 2.24) is 19.7 Å². The molecular weight excluding hydrogens is 354 g/mol. The van der Waals surface area contributed by atoms with Gasteiger partial charge < -0.3 is 4.90 Å². The van der Waals surface area contributed by atoms with Crippen LogP contribution >= 0.6 is 0 Å². The van der Waals surface area contributed by atoms with Gasteiger partial charge in [0.25, 0.3) is 5.91 Å². The van der Waals surface area contributed by atoms with Crippen molar-refractivity contribution in [3.05, 3.63) is 35.9 Å². The van der Waals surface area contributed by atoms with E-state index in [1.807, 2.05) is 49.1 Å². The minimum absolute atomic E-state index is 0.0543. The first-order valence-electron chi connectivity index (χ1n) is 10.3. The van der Waals surface area contributed by atoms with E-state index in [0.29, 0.717) is 19.6 Å². The first-order chi connectivity index (χ1) is 13.6. The van der Waals surface area contributed by atoms with Gasteiger partial charge in [0.05, 0.1) is 25.3 Å². The first kappa shape index (κ1) is 20.5. The number of amides is 2. The predicted molar refractivity (Wildman–Crippen MR) is 110 cm³/mol. The lowest BCUT2D eigenvalue weighted by Gasteiger charge is -2.35. The molecule has 7 nitrogen and oxygen atoms in total. The second-order valence-corrected chi connectivity index (χ2v) is 7.30. The number of nitrogens with zero attached hydrogens (tertiary/aromatic N) is 5. The molecule has 0 aliphatic carbocycles. The van der Waals surface area contributed by atoms with Gasteiger partial charge in [0.1, 0.15) is 0 Å². The molecule has 1 aromatic carbocycles. The Bertz CT molecular complexity index is 694. The Morgan fingerprint density at radius 1 is 0.929 bits per heavy atom. The fourth-order valence-corrected chi connectivity index (χ4v) is 3.72. The van der Waals surface area contributed by atoms with Crippen molar-refractivity contribution in [1.29, 1.82) is 0 Å². The van der Waals surface area contributed by atoms with Gasteiger partial charge in [0.15, 0.2) is 0 Å². The number of rotatable bonds is 7. The maximum atomic E-state index is 12.6. The normalized spacial score (nSPS) is 18.2. The fraction of sp³-hybridized carbons (Fsp3) is 0.571. The molecular formula is C21H31N5O2. The fourth-order valence-electron chi connectivity index (χ4n) is 3.72. The van der Waals surface area contributed by atoms with Gasteiger partial charge in [0, 0.05) is 45.7 Å². The molecule has 0 N–H and O–H groups in total. The minimum atomic E-state index is 0.0543. The number of likely N-dealkylation sites (N-methyl/N-ethyl adjacent to an activating group) is 1. The van der Waals surface area contributed by atoms with Crippen LogP contribution in [0.2, 0.25) is 0 Å². The number of piperazine rings is 1. The van der Waals surface area contributed by atoms with Gasteiger partial charge >= 0.3 is 0 Å². The van der Waals surface area contributed by atoms with Crippen LogP contribution in [0, 0.1) is 0 Å². The third kappa shape index (κ3) is 5.17. The van der Waals surface area contributed by atoms with Crippen LogP contribution in [0.5, 0.6) is 0 Å². The van der Waals surface area contributed by atoms with E-state index in [1.165, 1.54) is 0 Å². The highest BCUT2D eigenvalue weighted by Gasteiger charge is 2.26. The summed E-state index contributed by atoms with van der Waals surface area (Å²) in [5.41, 5.74) is 2.07. The summed E-state index contributed by atoms with van der Waals surface area (Å²) in [6, 6.07) is 10.0. The number of hydrazone groups is 1.